The average molecular weight is 194 g/mol. The minimum Gasteiger partial charge on any atom is -0.289 e. The third-order valence-electron chi connectivity index (χ3n) is 2.76. The molecule has 0 spiro atoms. The molecule has 3 rings (SSSR count). The molecule has 0 aliphatic rings. The van der Waals surface area contributed by atoms with Crippen molar-refractivity contribution in [3.05, 3.63) is 69.9 Å². The molecule has 0 radical (unpaired) electrons. The van der Waals surface area contributed by atoms with Crippen LogP contribution >= 0.6 is 0 Å². The van der Waals surface area contributed by atoms with Crippen LogP contribution in [0.5, 0.6) is 0 Å². The lowest BCUT2D eigenvalue weighted by atomic mass is 10.1. The number of benzene rings is 2. The highest BCUT2D eigenvalue weighted by molar-refractivity contribution is 5.97. The Hall–Kier alpha value is -1.89. The molecule has 1 heteroatoms. The molecule has 3 aromatic carbocycles. The van der Waals surface area contributed by atoms with Gasteiger partial charge in [0.15, 0.2) is 5.43 Å². The molecule has 0 aliphatic heterocycles. The van der Waals surface area contributed by atoms with Crippen molar-refractivity contribution in [1.29, 1.82) is 0 Å². The van der Waals surface area contributed by atoms with Gasteiger partial charge in [0.2, 0.25) is 0 Å². The molecule has 15 heavy (non-hydrogen) atoms. The average Bonchev–Trinajstić information content (AvgIpc) is 2.91. The molecule has 1 nitrogen and oxygen atoms in total. The molecule has 0 atom stereocenters. The molecular formula is C14H10O. The highest BCUT2D eigenvalue weighted by atomic mass is 16.1. The maximum absolute atomic E-state index is 11.1. The molecule has 0 saturated carbocycles. The quantitative estimate of drug-likeness (QED) is 0.613. The highest BCUT2D eigenvalue weighted by Crippen LogP contribution is 2.18. The maximum atomic E-state index is 11.1. The summed E-state index contributed by atoms with van der Waals surface area (Å²) in [6.45, 7) is 0. The van der Waals surface area contributed by atoms with Gasteiger partial charge in [0, 0.05) is 10.8 Å². The van der Waals surface area contributed by atoms with E-state index in [1.807, 2.05) is 36.4 Å². The minimum absolute atomic E-state index is 0.217. The van der Waals surface area contributed by atoms with Crippen LogP contribution in [0.4, 0.5) is 0 Å². The van der Waals surface area contributed by atoms with E-state index in [9.17, 15) is 4.79 Å². The van der Waals surface area contributed by atoms with Crippen LogP contribution in [0.15, 0.2) is 53.3 Å². The molecule has 0 bridgehead atoms. The first kappa shape index (κ1) is 8.42. The minimum atomic E-state index is 0.217. The van der Waals surface area contributed by atoms with Crippen molar-refractivity contribution in [3.8, 4) is 0 Å². The van der Waals surface area contributed by atoms with Crippen molar-refractivity contribution in [2.24, 2.45) is 0 Å². The monoisotopic (exact) mass is 194 g/mol. The summed E-state index contributed by atoms with van der Waals surface area (Å²) < 4.78 is 0. The molecule has 72 valence electrons. The summed E-state index contributed by atoms with van der Waals surface area (Å²) in [5.41, 5.74) is 2.71. The van der Waals surface area contributed by atoms with Gasteiger partial charge in [0.1, 0.15) is 0 Å². The standard InChI is InChI=1S/C14H10O/c15-14-12-7-6-11(9-13(12)14)8-10-4-2-1-3-5-10/h1-7,9H,8H2. The lowest BCUT2D eigenvalue weighted by molar-refractivity contribution is 1.20. The molecule has 0 N–H and O–H groups in total. The second kappa shape index (κ2) is 3.06. The Morgan fingerprint density at radius 1 is 0.800 bits per heavy atom. The van der Waals surface area contributed by atoms with Gasteiger partial charge >= 0.3 is 0 Å². The van der Waals surface area contributed by atoms with Gasteiger partial charge in [0.25, 0.3) is 0 Å². The van der Waals surface area contributed by atoms with Gasteiger partial charge < -0.3 is 0 Å². The van der Waals surface area contributed by atoms with Gasteiger partial charge in [-0.1, -0.05) is 42.5 Å². The Labute approximate surface area is 87.7 Å². The predicted octanol–water partition coefficient (Wildman–Crippen LogP) is 2.67. The maximum Gasteiger partial charge on any atom is 0.194 e. The molecule has 0 saturated heterocycles. The van der Waals surface area contributed by atoms with Crippen molar-refractivity contribution in [1.82, 2.24) is 0 Å². The molecule has 0 aliphatic carbocycles. The third kappa shape index (κ3) is 1.46. The first-order chi connectivity index (χ1) is 7.34. The smallest absolute Gasteiger partial charge is 0.194 e. The summed E-state index contributed by atoms with van der Waals surface area (Å²) in [4.78, 5) is 11.1. The van der Waals surface area contributed by atoms with Gasteiger partial charge in [-0.25, -0.2) is 0 Å². The predicted molar refractivity (Wildman–Crippen MR) is 61.8 cm³/mol. The Morgan fingerprint density at radius 2 is 1.60 bits per heavy atom. The molecular weight excluding hydrogens is 184 g/mol. The van der Waals surface area contributed by atoms with Gasteiger partial charge in [-0.15, -0.1) is 0 Å². The topological polar surface area (TPSA) is 17.1 Å². The SMILES string of the molecule is O=c1c2ccc(Cc3ccccc3)cc12. The first-order valence-corrected chi connectivity index (χ1v) is 5.06. The van der Waals surface area contributed by atoms with Crippen molar-refractivity contribution in [2.75, 3.05) is 0 Å². The van der Waals surface area contributed by atoms with E-state index in [-0.39, 0.29) is 5.43 Å². The van der Waals surface area contributed by atoms with E-state index in [1.54, 1.807) is 0 Å². The fraction of sp³-hybridized carbons (Fsp3) is 0.0714. The summed E-state index contributed by atoms with van der Waals surface area (Å²) in [7, 11) is 0. The van der Waals surface area contributed by atoms with Crippen molar-refractivity contribution in [3.63, 3.8) is 0 Å². The molecule has 0 unspecified atom stereocenters. The zero-order valence-corrected chi connectivity index (χ0v) is 8.23. The zero-order chi connectivity index (χ0) is 10.3. The van der Waals surface area contributed by atoms with Crippen LogP contribution in [0.3, 0.4) is 0 Å². The second-order valence-corrected chi connectivity index (χ2v) is 3.87. The van der Waals surface area contributed by atoms with Crippen molar-refractivity contribution < 1.29 is 0 Å². The molecule has 0 amide bonds. The highest BCUT2D eigenvalue weighted by Gasteiger charge is 2.11. The Bertz CT molecular complexity index is 613. The van der Waals surface area contributed by atoms with Crippen LogP contribution in [0.2, 0.25) is 0 Å². The van der Waals surface area contributed by atoms with Crippen LogP contribution in [0.25, 0.3) is 10.8 Å². The molecule has 0 aromatic heterocycles. The molecule has 3 aromatic rings. The third-order valence-corrected chi connectivity index (χ3v) is 2.76. The van der Waals surface area contributed by atoms with Gasteiger partial charge in [0.05, 0.1) is 0 Å². The van der Waals surface area contributed by atoms with E-state index in [1.165, 1.54) is 11.1 Å². The fourth-order valence-corrected chi connectivity index (χ4v) is 1.87. The van der Waals surface area contributed by atoms with Gasteiger partial charge in [-0.05, 0) is 23.6 Å². The summed E-state index contributed by atoms with van der Waals surface area (Å²) in [6, 6.07) is 16.3. The van der Waals surface area contributed by atoms with E-state index < -0.39 is 0 Å². The fourth-order valence-electron chi connectivity index (χ4n) is 1.87. The lowest BCUT2D eigenvalue weighted by Crippen LogP contribution is -1.85. The number of hydrogen-bond acceptors (Lipinski definition) is 1. The lowest BCUT2D eigenvalue weighted by Gasteiger charge is -1.99. The molecule has 0 heterocycles. The summed E-state index contributed by atoms with van der Waals surface area (Å²) in [6.07, 6.45) is 0.904. The largest absolute Gasteiger partial charge is 0.289 e. The van der Waals surface area contributed by atoms with Crippen LogP contribution in [-0.4, -0.2) is 0 Å². The number of hydrogen-bond donors (Lipinski definition) is 0. The normalized spacial score (nSPS) is 11.2. The van der Waals surface area contributed by atoms with Crippen LogP contribution in [0, 0.1) is 0 Å². The van der Waals surface area contributed by atoms with Gasteiger partial charge in [-0.2, -0.15) is 0 Å². The Kier molecular flexibility index (Phi) is 1.72. The van der Waals surface area contributed by atoms with Crippen LogP contribution < -0.4 is 5.43 Å². The summed E-state index contributed by atoms with van der Waals surface area (Å²) in [5, 5.41) is 1.80. The zero-order valence-electron chi connectivity index (χ0n) is 8.23. The summed E-state index contributed by atoms with van der Waals surface area (Å²) >= 11 is 0. The van der Waals surface area contributed by atoms with E-state index in [2.05, 4.69) is 12.1 Å². The Balaban J connectivity index is 1.92. The summed E-state index contributed by atoms with van der Waals surface area (Å²) in [5.74, 6) is 0. The first-order valence-electron chi connectivity index (χ1n) is 5.06. The van der Waals surface area contributed by atoms with E-state index in [4.69, 9.17) is 0 Å². The van der Waals surface area contributed by atoms with Crippen LogP contribution in [0.1, 0.15) is 11.1 Å². The number of rotatable bonds is 2. The number of fused-ring (bicyclic) bond motifs is 1. The Morgan fingerprint density at radius 3 is 2.33 bits per heavy atom. The molecule has 0 fully saturated rings. The van der Waals surface area contributed by atoms with E-state index in [0.29, 0.717) is 0 Å². The second-order valence-electron chi connectivity index (χ2n) is 3.87. The van der Waals surface area contributed by atoms with Crippen molar-refractivity contribution >= 4 is 10.8 Å². The van der Waals surface area contributed by atoms with E-state index >= 15 is 0 Å². The van der Waals surface area contributed by atoms with Crippen LogP contribution in [-0.2, 0) is 6.42 Å². The van der Waals surface area contributed by atoms with Gasteiger partial charge in [-0.3, -0.25) is 4.79 Å². The van der Waals surface area contributed by atoms with E-state index in [0.717, 1.165) is 17.2 Å². The van der Waals surface area contributed by atoms with Crippen molar-refractivity contribution in [2.45, 2.75) is 6.42 Å².